The van der Waals surface area contributed by atoms with Crippen molar-refractivity contribution in [2.45, 2.75) is 58.2 Å². The zero-order valence-corrected chi connectivity index (χ0v) is 18.2. The Morgan fingerprint density at radius 2 is 1.68 bits per heavy atom. The molecule has 0 N–H and O–H groups in total. The molecule has 1 aliphatic rings. The lowest BCUT2D eigenvalue weighted by Crippen LogP contribution is -2.14. The van der Waals surface area contributed by atoms with Crippen LogP contribution in [0.25, 0.3) is 0 Å². The van der Waals surface area contributed by atoms with Gasteiger partial charge < -0.3 is 9.47 Å². The van der Waals surface area contributed by atoms with Gasteiger partial charge in [-0.25, -0.2) is 0 Å². The van der Waals surface area contributed by atoms with Crippen LogP contribution in [0.1, 0.15) is 72.2 Å². The molecule has 3 heteroatoms. The summed E-state index contributed by atoms with van der Waals surface area (Å²) in [4.78, 5) is 12.7. The molecule has 0 amide bonds. The largest absolute Gasteiger partial charge is 0.488 e. The number of unbranched alkanes of at least 4 members (excludes halogenated alkanes) is 1. The Bertz CT molecular complexity index is 996. The van der Waals surface area contributed by atoms with Crippen LogP contribution in [0.15, 0.2) is 72.8 Å². The van der Waals surface area contributed by atoms with Crippen LogP contribution in [-0.4, -0.2) is 5.78 Å². The van der Waals surface area contributed by atoms with Gasteiger partial charge in [-0.3, -0.25) is 4.79 Å². The Hall–Kier alpha value is -3.07. The van der Waals surface area contributed by atoms with Crippen LogP contribution in [0.5, 0.6) is 11.5 Å². The molecule has 0 radical (unpaired) electrons. The minimum atomic E-state index is -0.0135. The highest BCUT2D eigenvalue weighted by Crippen LogP contribution is 2.37. The lowest BCUT2D eigenvalue weighted by Gasteiger charge is -2.24. The monoisotopic (exact) mass is 414 g/mol. The highest BCUT2D eigenvalue weighted by molar-refractivity contribution is 6.01. The van der Waals surface area contributed by atoms with Crippen molar-refractivity contribution in [2.24, 2.45) is 0 Å². The summed E-state index contributed by atoms with van der Waals surface area (Å²) in [5.41, 5.74) is 4.03. The van der Waals surface area contributed by atoms with Crippen LogP contribution < -0.4 is 9.47 Å². The number of benzene rings is 3. The van der Waals surface area contributed by atoms with Crippen molar-refractivity contribution in [3.8, 4) is 11.5 Å². The molecule has 0 saturated heterocycles. The van der Waals surface area contributed by atoms with E-state index in [4.69, 9.17) is 9.47 Å². The first kappa shape index (κ1) is 21.2. The molecule has 0 spiro atoms. The Morgan fingerprint density at radius 1 is 0.935 bits per heavy atom. The maximum Gasteiger partial charge on any atom is 0.166 e. The van der Waals surface area contributed by atoms with E-state index in [0.717, 1.165) is 54.5 Å². The van der Waals surface area contributed by atoms with E-state index < -0.39 is 0 Å². The van der Waals surface area contributed by atoms with Crippen LogP contribution >= 0.6 is 0 Å². The van der Waals surface area contributed by atoms with Crippen LogP contribution in [0.4, 0.5) is 0 Å². The van der Waals surface area contributed by atoms with Gasteiger partial charge in [-0.15, -0.1) is 0 Å². The van der Waals surface area contributed by atoms with Crippen molar-refractivity contribution in [3.05, 3.63) is 95.1 Å². The summed E-state index contributed by atoms with van der Waals surface area (Å²) in [6.45, 7) is 2.63. The first-order valence-corrected chi connectivity index (χ1v) is 11.3. The number of aryl methyl sites for hydroxylation is 1. The second-order valence-electron chi connectivity index (χ2n) is 8.17. The van der Waals surface area contributed by atoms with E-state index in [0.29, 0.717) is 18.8 Å². The number of ether oxygens (including phenoxy) is 2. The molecule has 1 atom stereocenters. The first-order chi connectivity index (χ1) is 15.2. The van der Waals surface area contributed by atoms with E-state index in [9.17, 15) is 4.79 Å². The van der Waals surface area contributed by atoms with E-state index in [-0.39, 0.29) is 11.9 Å². The third-order valence-electron chi connectivity index (χ3n) is 5.79. The van der Waals surface area contributed by atoms with Crippen molar-refractivity contribution >= 4 is 5.78 Å². The van der Waals surface area contributed by atoms with Gasteiger partial charge in [-0.2, -0.15) is 0 Å². The van der Waals surface area contributed by atoms with Gasteiger partial charge in [0, 0.05) is 12.5 Å². The molecule has 3 nitrogen and oxygen atoms in total. The summed E-state index contributed by atoms with van der Waals surface area (Å²) in [5.74, 6) is 1.59. The third-order valence-corrected chi connectivity index (χ3v) is 5.79. The van der Waals surface area contributed by atoms with E-state index in [1.54, 1.807) is 0 Å². The molecule has 0 bridgehead atoms. The van der Waals surface area contributed by atoms with E-state index in [1.807, 2.05) is 48.5 Å². The number of carbonyl (C=O) groups is 1. The molecule has 160 valence electrons. The summed E-state index contributed by atoms with van der Waals surface area (Å²) in [7, 11) is 0. The topological polar surface area (TPSA) is 35.5 Å². The molecule has 0 fully saturated rings. The molecule has 0 aliphatic heterocycles. The fourth-order valence-electron chi connectivity index (χ4n) is 4.16. The van der Waals surface area contributed by atoms with Gasteiger partial charge in [0.15, 0.2) is 5.78 Å². The first-order valence-electron chi connectivity index (χ1n) is 11.3. The second kappa shape index (κ2) is 10.3. The zero-order chi connectivity index (χ0) is 21.5. The summed E-state index contributed by atoms with van der Waals surface area (Å²) in [6, 6.07) is 24.4. The minimum absolute atomic E-state index is 0.0135. The van der Waals surface area contributed by atoms with E-state index >= 15 is 0 Å². The lowest BCUT2D eigenvalue weighted by molar-refractivity contribution is 0.0967. The predicted octanol–water partition coefficient (Wildman–Crippen LogP) is 7.09. The Morgan fingerprint density at radius 3 is 2.42 bits per heavy atom. The van der Waals surface area contributed by atoms with E-state index in [1.165, 1.54) is 5.56 Å². The number of hydrogen-bond acceptors (Lipinski definition) is 3. The van der Waals surface area contributed by atoms with Crippen LogP contribution in [0.3, 0.4) is 0 Å². The molecule has 3 aromatic rings. The summed E-state index contributed by atoms with van der Waals surface area (Å²) in [5, 5.41) is 0. The predicted molar refractivity (Wildman–Crippen MR) is 124 cm³/mol. The Labute approximate surface area is 185 Å². The Kier molecular flexibility index (Phi) is 7.03. The van der Waals surface area contributed by atoms with Crippen LogP contribution in [0, 0.1) is 0 Å². The maximum atomic E-state index is 12.7. The van der Waals surface area contributed by atoms with Gasteiger partial charge in [-0.1, -0.05) is 74.0 Å². The van der Waals surface area contributed by atoms with Crippen molar-refractivity contribution in [2.75, 3.05) is 0 Å². The smallest absolute Gasteiger partial charge is 0.166 e. The molecule has 0 heterocycles. The van der Waals surface area contributed by atoms with Gasteiger partial charge in [0.05, 0.1) is 5.56 Å². The Balaban J connectivity index is 1.63. The lowest BCUT2D eigenvalue weighted by atomic mass is 9.89. The van der Waals surface area contributed by atoms with Gasteiger partial charge in [0.1, 0.15) is 24.2 Å². The number of fused-ring (bicyclic) bond motifs is 1. The van der Waals surface area contributed by atoms with Gasteiger partial charge in [0.25, 0.3) is 0 Å². The van der Waals surface area contributed by atoms with Gasteiger partial charge in [-0.05, 0) is 48.4 Å². The fourth-order valence-corrected chi connectivity index (χ4v) is 4.16. The molecular formula is C28H30O3. The van der Waals surface area contributed by atoms with Crippen LogP contribution in [-0.2, 0) is 13.0 Å². The van der Waals surface area contributed by atoms with Crippen molar-refractivity contribution in [3.63, 3.8) is 0 Å². The SMILES string of the molecule is CCCCC(Oc1cc2c(c(OCc3ccccc3)c1)C(=O)CCC2)c1ccccc1. The van der Waals surface area contributed by atoms with Crippen molar-refractivity contribution in [1.82, 2.24) is 0 Å². The third kappa shape index (κ3) is 5.35. The summed E-state index contributed by atoms with van der Waals surface area (Å²) in [6.07, 6.45) is 5.50. The number of carbonyl (C=O) groups excluding carboxylic acids is 1. The number of rotatable bonds is 9. The average Bonchev–Trinajstić information content (AvgIpc) is 2.81. The average molecular weight is 415 g/mol. The molecule has 1 aliphatic carbocycles. The summed E-state index contributed by atoms with van der Waals surface area (Å²) < 4.78 is 12.7. The van der Waals surface area contributed by atoms with Crippen LogP contribution in [0.2, 0.25) is 0 Å². The fraction of sp³-hybridized carbons (Fsp3) is 0.321. The minimum Gasteiger partial charge on any atom is -0.488 e. The zero-order valence-electron chi connectivity index (χ0n) is 18.2. The highest BCUT2D eigenvalue weighted by atomic mass is 16.5. The molecule has 3 aromatic carbocycles. The van der Waals surface area contributed by atoms with Gasteiger partial charge in [0.2, 0.25) is 0 Å². The van der Waals surface area contributed by atoms with Crippen molar-refractivity contribution < 1.29 is 14.3 Å². The summed E-state index contributed by atoms with van der Waals surface area (Å²) >= 11 is 0. The molecule has 1 unspecified atom stereocenters. The molecule has 0 aromatic heterocycles. The quantitative estimate of drug-likeness (QED) is 0.375. The normalized spacial score (nSPS) is 14.0. The molecule has 0 saturated carbocycles. The number of hydrogen-bond donors (Lipinski definition) is 0. The van der Waals surface area contributed by atoms with Crippen molar-refractivity contribution in [1.29, 1.82) is 0 Å². The van der Waals surface area contributed by atoms with E-state index in [2.05, 4.69) is 31.2 Å². The molecule has 31 heavy (non-hydrogen) atoms. The number of Topliss-reactive ketones (excluding diaryl/α,β-unsaturated/α-hetero) is 1. The second-order valence-corrected chi connectivity index (χ2v) is 8.17. The number of ketones is 1. The molecule has 4 rings (SSSR count). The van der Waals surface area contributed by atoms with Gasteiger partial charge >= 0.3 is 0 Å². The maximum absolute atomic E-state index is 12.7. The standard InChI is InChI=1S/C28H30O3/c1-2-3-17-26(22-13-8-5-9-14-22)31-24-18-23-15-10-16-25(29)28(23)27(19-24)30-20-21-11-6-4-7-12-21/h4-9,11-14,18-19,26H,2-3,10,15-17,20H2,1H3. The molecular weight excluding hydrogens is 384 g/mol. The highest BCUT2D eigenvalue weighted by Gasteiger charge is 2.24.